The third-order valence-electron chi connectivity index (χ3n) is 4.47. The molecule has 0 spiro atoms. The van der Waals surface area contributed by atoms with E-state index in [1.165, 1.54) is 38.8 Å². The SMILES string of the molecule is CCCC(CCN)CCC(=O)NCC(C)CN1CCCC1. The van der Waals surface area contributed by atoms with E-state index in [2.05, 4.69) is 24.1 Å². The Hall–Kier alpha value is -0.610. The number of hydrogen-bond donors (Lipinski definition) is 2. The average Bonchev–Trinajstić information content (AvgIpc) is 2.96. The maximum atomic E-state index is 11.9. The Balaban J connectivity index is 2.11. The van der Waals surface area contributed by atoms with Gasteiger partial charge in [-0.25, -0.2) is 0 Å². The predicted octanol–water partition coefficient (Wildman–Crippen LogP) is 2.38. The van der Waals surface area contributed by atoms with E-state index in [0.717, 1.165) is 32.5 Å². The Bertz CT molecular complexity index is 271. The number of carbonyl (C=O) groups is 1. The zero-order chi connectivity index (χ0) is 15.5. The average molecular weight is 297 g/mol. The summed E-state index contributed by atoms with van der Waals surface area (Å²) in [6, 6.07) is 0. The molecule has 0 aromatic carbocycles. The molecule has 1 rings (SSSR count). The zero-order valence-corrected chi connectivity index (χ0v) is 14.1. The molecule has 21 heavy (non-hydrogen) atoms. The Morgan fingerprint density at radius 1 is 1.24 bits per heavy atom. The van der Waals surface area contributed by atoms with Gasteiger partial charge in [-0.05, 0) is 57.2 Å². The molecular weight excluding hydrogens is 262 g/mol. The molecule has 3 N–H and O–H groups in total. The molecule has 4 nitrogen and oxygen atoms in total. The molecule has 1 fully saturated rings. The molecule has 1 heterocycles. The summed E-state index contributed by atoms with van der Waals surface area (Å²) in [7, 11) is 0. The van der Waals surface area contributed by atoms with E-state index in [0.29, 0.717) is 18.3 Å². The largest absolute Gasteiger partial charge is 0.356 e. The Morgan fingerprint density at radius 2 is 1.95 bits per heavy atom. The summed E-state index contributed by atoms with van der Waals surface area (Å²) in [5, 5.41) is 3.10. The van der Waals surface area contributed by atoms with Crippen molar-refractivity contribution in [1.29, 1.82) is 0 Å². The molecule has 1 aliphatic heterocycles. The van der Waals surface area contributed by atoms with Crippen LogP contribution in [0.25, 0.3) is 0 Å². The van der Waals surface area contributed by atoms with Crippen molar-refractivity contribution >= 4 is 5.91 Å². The number of likely N-dealkylation sites (tertiary alicyclic amines) is 1. The van der Waals surface area contributed by atoms with E-state index in [9.17, 15) is 4.79 Å². The van der Waals surface area contributed by atoms with Crippen molar-refractivity contribution in [3.8, 4) is 0 Å². The summed E-state index contributed by atoms with van der Waals surface area (Å²) in [5.41, 5.74) is 5.64. The fraction of sp³-hybridized carbons (Fsp3) is 0.941. The summed E-state index contributed by atoms with van der Waals surface area (Å²) in [6.45, 7) is 9.55. The number of nitrogens with zero attached hydrogens (tertiary/aromatic N) is 1. The number of nitrogens with two attached hydrogens (primary N) is 1. The maximum absolute atomic E-state index is 11.9. The van der Waals surface area contributed by atoms with E-state index in [-0.39, 0.29) is 5.91 Å². The monoisotopic (exact) mass is 297 g/mol. The minimum Gasteiger partial charge on any atom is -0.356 e. The van der Waals surface area contributed by atoms with Gasteiger partial charge in [0.15, 0.2) is 0 Å². The quantitative estimate of drug-likeness (QED) is 0.615. The first-order valence-corrected chi connectivity index (χ1v) is 8.84. The van der Waals surface area contributed by atoms with Crippen LogP contribution < -0.4 is 11.1 Å². The summed E-state index contributed by atoms with van der Waals surface area (Å²) < 4.78 is 0. The van der Waals surface area contributed by atoms with E-state index < -0.39 is 0 Å². The lowest BCUT2D eigenvalue weighted by atomic mass is 9.94. The minimum atomic E-state index is 0.210. The molecule has 0 saturated carbocycles. The van der Waals surface area contributed by atoms with Gasteiger partial charge in [-0.15, -0.1) is 0 Å². The first-order valence-electron chi connectivity index (χ1n) is 8.84. The Kier molecular flexibility index (Phi) is 9.68. The maximum Gasteiger partial charge on any atom is 0.220 e. The van der Waals surface area contributed by atoms with Gasteiger partial charge in [0.1, 0.15) is 0 Å². The van der Waals surface area contributed by atoms with Crippen LogP contribution in [0.15, 0.2) is 0 Å². The van der Waals surface area contributed by atoms with Gasteiger partial charge in [0.2, 0.25) is 5.91 Å². The molecule has 4 heteroatoms. The molecular formula is C17H35N3O. The smallest absolute Gasteiger partial charge is 0.220 e. The number of amides is 1. The van der Waals surface area contributed by atoms with Crippen LogP contribution in [0.2, 0.25) is 0 Å². The summed E-state index contributed by atoms with van der Waals surface area (Å²) in [6.07, 6.45) is 7.72. The third-order valence-corrected chi connectivity index (χ3v) is 4.47. The van der Waals surface area contributed by atoms with Crippen molar-refractivity contribution in [2.75, 3.05) is 32.7 Å². The van der Waals surface area contributed by atoms with E-state index in [4.69, 9.17) is 5.73 Å². The molecule has 1 amide bonds. The highest BCUT2D eigenvalue weighted by atomic mass is 16.1. The van der Waals surface area contributed by atoms with Crippen LogP contribution in [0.4, 0.5) is 0 Å². The number of nitrogens with one attached hydrogen (secondary N) is 1. The topological polar surface area (TPSA) is 58.4 Å². The van der Waals surface area contributed by atoms with Gasteiger partial charge in [0.25, 0.3) is 0 Å². The lowest BCUT2D eigenvalue weighted by Gasteiger charge is -2.20. The van der Waals surface area contributed by atoms with E-state index >= 15 is 0 Å². The second-order valence-electron chi connectivity index (χ2n) is 6.69. The highest BCUT2D eigenvalue weighted by Gasteiger charge is 2.15. The van der Waals surface area contributed by atoms with E-state index in [1.807, 2.05) is 0 Å². The molecule has 0 aliphatic carbocycles. The van der Waals surface area contributed by atoms with Gasteiger partial charge >= 0.3 is 0 Å². The molecule has 0 bridgehead atoms. The van der Waals surface area contributed by atoms with Crippen LogP contribution in [-0.2, 0) is 4.79 Å². The second-order valence-corrected chi connectivity index (χ2v) is 6.69. The van der Waals surface area contributed by atoms with Gasteiger partial charge in [-0.1, -0.05) is 26.7 Å². The van der Waals surface area contributed by atoms with Crippen LogP contribution in [0, 0.1) is 11.8 Å². The van der Waals surface area contributed by atoms with Crippen LogP contribution >= 0.6 is 0 Å². The van der Waals surface area contributed by atoms with Crippen molar-refractivity contribution in [2.45, 2.75) is 58.8 Å². The van der Waals surface area contributed by atoms with Crippen molar-refractivity contribution in [3.05, 3.63) is 0 Å². The van der Waals surface area contributed by atoms with Crippen LogP contribution in [-0.4, -0.2) is 43.5 Å². The molecule has 1 aliphatic rings. The van der Waals surface area contributed by atoms with Crippen molar-refractivity contribution in [2.24, 2.45) is 17.6 Å². The Labute approximate surface area is 130 Å². The van der Waals surface area contributed by atoms with Crippen molar-refractivity contribution in [1.82, 2.24) is 10.2 Å². The Morgan fingerprint density at radius 3 is 2.57 bits per heavy atom. The van der Waals surface area contributed by atoms with Crippen molar-refractivity contribution < 1.29 is 4.79 Å². The zero-order valence-electron chi connectivity index (χ0n) is 14.1. The highest BCUT2D eigenvalue weighted by Crippen LogP contribution is 2.16. The molecule has 0 aromatic rings. The fourth-order valence-corrected chi connectivity index (χ4v) is 3.26. The standard InChI is InChI=1S/C17H35N3O/c1-3-6-16(9-10-18)7-8-17(21)19-13-15(2)14-20-11-4-5-12-20/h15-16H,3-14,18H2,1-2H3,(H,19,21). The van der Waals surface area contributed by atoms with Crippen molar-refractivity contribution in [3.63, 3.8) is 0 Å². The van der Waals surface area contributed by atoms with Gasteiger partial charge in [0, 0.05) is 19.5 Å². The first kappa shape index (κ1) is 18.4. The summed E-state index contributed by atoms with van der Waals surface area (Å²) in [4.78, 5) is 14.5. The third kappa shape index (κ3) is 8.42. The summed E-state index contributed by atoms with van der Waals surface area (Å²) >= 11 is 0. The fourth-order valence-electron chi connectivity index (χ4n) is 3.26. The normalized spacial score (nSPS) is 18.6. The number of carbonyl (C=O) groups excluding carboxylic acids is 1. The first-order chi connectivity index (χ1) is 10.2. The van der Waals surface area contributed by atoms with Crippen LogP contribution in [0.1, 0.15) is 58.8 Å². The lowest BCUT2D eigenvalue weighted by molar-refractivity contribution is -0.121. The van der Waals surface area contributed by atoms with Gasteiger partial charge in [-0.3, -0.25) is 4.79 Å². The molecule has 2 unspecified atom stereocenters. The predicted molar refractivity (Wildman–Crippen MR) is 89.2 cm³/mol. The minimum absolute atomic E-state index is 0.210. The summed E-state index contributed by atoms with van der Waals surface area (Å²) in [5.74, 6) is 1.37. The molecule has 0 aromatic heterocycles. The van der Waals surface area contributed by atoms with Gasteiger partial charge in [-0.2, -0.15) is 0 Å². The lowest BCUT2D eigenvalue weighted by Crippen LogP contribution is -2.34. The highest BCUT2D eigenvalue weighted by molar-refractivity contribution is 5.75. The molecule has 1 saturated heterocycles. The van der Waals surface area contributed by atoms with Crippen LogP contribution in [0.5, 0.6) is 0 Å². The number of hydrogen-bond acceptors (Lipinski definition) is 3. The van der Waals surface area contributed by atoms with Gasteiger partial charge < -0.3 is 16.0 Å². The number of rotatable bonds is 11. The van der Waals surface area contributed by atoms with E-state index in [1.54, 1.807) is 0 Å². The van der Waals surface area contributed by atoms with Crippen LogP contribution in [0.3, 0.4) is 0 Å². The second kappa shape index (κ2) is 11.0. The molecule has 124 valence electrons. The molecule has 0 radical (unpaired) electrons. The molecule has 2 atom stereocenters. The van der Waals surface area contributed by atoms with Gasteiger partial charge in [0.05, 0.1) is 0 Å².